The number of ether oxygens (including phenoxy) is 1. The van der Waals surface area contributed by atoms with Crippen LogP contribution >= 0.6 is 0 Å². The lowest BCUT2D eigenvalue weighted by molar-refractivity contribution is 0.0382. The van der Waals surface area contributed by atoms with Crippen LogP contribution in [0.3, 0.4) is 0 Å². The topological polar surface area (TPSA) is 60.4 Å². The van der Waals surface area contributed by atoms with Crippen LogP contribution < -0.4 is 0 Å². The summed E-state index contributed by atoms with van der Waals surface area (Å²) in [6.45, 7) is 3.50. The number of esters is 2. The first kappa shape index (κ1) is 10.5. The van der Waals surface area contributed by atoms with E-state index in [-0.39, 0.29) is 17.3 Å². The molecule has 0 unspecified atom stereocenters. The first-order valence-corrected chi connectivity index (χ1v) is 4.95. The van der Waals surface area contributed by atoms with Crippen molar-refractivity contribution < 1.29 is 19.1 Å². The molecule has 0 radical (unpaired) electrons. The number of hydrogen-bond donors (Lipinski definition) is 0. The van der Waals surface area contributed by atoms with Gasteiger partial charge in [-0.05, 0) is 18.2 Å². The fourth-order valence-corrected chi connectivity index (χ4v) is 1.56. The van der Waals surface area contributed by atoms with Crippen LogP contribution in [0.4, 0.5) is 0 Å². The van der Waals surface area contributed by atoms with Gasteiger partial charge < -0.3 is 4.74 Å². The highest BCUT2D eigenvalue weighted by molar-refractivity contribution is 6.14. The molecule has 1 aromatic rings. The molecule has 0 atom stereocenters. The van der Waals surface area contributed by atoms with Crippen molar-refractivity contribution in [3.05, 3.63) is 34.9 Å². The monoisotopic (exact) mass is 218 g/mol. The summed E-state index contributed by atoms with van der Waals surface area (Å²) in [7, 11) is 0. The van der Waals surface area contributed by atoms with Crippen molar-refractivity contribution >= 4 is 17.7 Å². The zero-order valence-corrected chi connectivity index (χ0v) is 8.94. The highest BCUT2D eigenvalue weighted by atomic mass is 16.6. The fraction of sp³-hybridized carbons (Fsp3) is 0.250. The normalized spacial score (nSPS) is 13.9. The molecule has 16 heavy (non-hydrogen) atoms. The smallest absolute Gasteiger partial charge is 0.346 e. The standard InChI is InChI=1S/C12H10O4/c1-6(2)10(13)8-4-3-7-5-9(8)12(15)16-11(7)14/h3-6H,1-2H3. The van der Waals surface area contributed by atoms with Gasteiger partial charge in [0.2, 0.25) is 0 Å². The predicted octanol–water partition coefficient (Wildman–Crippen LogP) is 1.84. The molecule has 1 aliphatic heterocycles. The molecule has 1 heterocycles. The van der Waals surface area contributed by atoms with Crippen LogP contribution in [0.2, 0.25) is 0 Å². The number of carbonyl (C=O) groups is 3. The van der Waals surface area contributed by atoms with E-state index in [1.807, 2.05) is 0 Å². The first-order chi connectivity index (χ1) is 7.50. The second-order valence-electron chi connectivity index (χ2n) is 3.96. The lowest BCUT2D eigenvalue weighted by atomic mass is 9.94. The van der Waals surface area contributed by atoms with Gasteiger partial charge in [0, 0.05) is 11.5 Å². The van der Waals surface area contributed by atoms with E-state index in [9.17, 15) is 14.4 Å². The first-order valence-electron chi connectivity index (χ1n) is 4.95. The summed E-state index contributed by atoms with van der Waals surface area (Å²) < 4.78 is 4.51. The Kier molecular flexibility index (Phi) is 2.34. The highest BCUT2D eigenvalue weighted by Crippen LogP contribution is 2.22. The van der Waals surface area contributed by atoms with Gasteiger partial charge in [-0.1, -0.05) is 13.8 Å². The Morgan fingerprint density at radius 2 is 1.88 bits per heavy atom. The molecule has 0 aliphatic carbocycles. The molecule has 0 saturated heterocycles. The Bertz CT molecular complexity index is 500. The number of fused-ring (bicyclic) bond motifs is 2. The third kappa shape index (κ3) is 1.52. The van der Waals surface area contributed by atoms with Crippen molar-refractivity contribution in [1.82, 2.24) is 0 Å². The molecule has 0 aromatic heterocycles. The SMILES string of the molecule is CC(C)C(=O)c1ccc2cc1C(=O)OC2=O. The number of rotatable bonds is 2. The zero-order chi connectivity index (χ0) is 11.9. The Morgan fingerprint density at radius 1 is 1.19 bits per heavy atom. The highest BCUT2D eigenvalue weighted by Gasteiger charge is 2.28. The van der Waals surface area contributed by atoms with Gasteiger partial charge in [-0.15, -0.1) is 0 Å². The molecule has 2 bridgehead atoms. The average molecular weight is 218 g/mol. The van der Waals surface area contributed by atoms with Gasteiger partial charge in [0.05, 0.1) is 11.1 Å². The predicted molar refractivity (Wildman–Crippen MR) is 55.4 cm³/mol. The van der Waals surface area contributed by atoms with Gasteiger partial charge in [-0.25, -0.2) is 9.59 Å². The summed E-state index contributed by atoms with van der Waals surface area (Å²) in [4.78, 5) is 34.4. The van der Waals surface area contributed by atoms with Gasteiger partial charge in [0.1, 0.15) is 0 Å². The Morgan fingerprint density at radius 3 is 2.50 bits per heavy atom. The van der Waals surface area contributed by atoms with Gasteiger partial charge in [0.15, 0.2) is 5.78 Å². The molecule has 0 saturated carbocycles. The number of benzene rings is 1. The summed E-state index contributed by atoms with van der Waals surface area (Å²) in [5.41, 5.74) is 0.793. The lowest BCUT2D eigenvalue weighted by Crippen LogP contribution is -2.23. The number of carbonyl (C=O) groups excluding carboxylic acids is 3. The molecule has 2 rings (SSSR count). The molecular weight excluding hydrogens is 208 g/mol. The minimum absolute atomic E-state index is 0.132. The second-order valence-corrected chi connectivity index (χ2v) is 3.96. The molecule has 0 N–H and O–H groups in total. The molecule has 4 heteroatoms. The van der Waals surface area contributed by atoms with Gasteiger partial charge in [-0.3, -0.25) is 4.79 Å². The summed E-state index contributed by atoms with van der Waals surface area (Å²) in [5.74, 6) is -1.75. The third-order valence-corrected chi connectivity index (χ3v) is 2.45. The van der Waals surface area contributed by atoms with E-state index >= 15 is 0 Å². The molecule has 1 aromatic carbocycles. The maximum Gasteiger partial charge on any atom is 0.346 e. The average Bonchev–Trinajstić information content (AvgIpc) is 2.25. The van der Waals surface area contributed by atoms with Crippen molar-refractivity contribution in [2.45, 2.75) is 13.8 Å². The van der Waals surface area contributed by atoms with Crippen LogP contribution in [-0.2, 0) is 4.74 Å². The summed E-state index contributed by atoms with van der Waals surface area (Å²) in [6, 6.07) is 4.41. The Hall–Kier alpha value is -1.97. The van der Waals surface area contributed by atoms with E-state index in [0.717, 1.165) is 0 Å². The van der Waals surface area contributed by atoms with Crippen LogP contribution in [-0.4, -0.2) is 17.7 Å². The quantitative estimate of drug-likeness (QED) is 0.431. The summed E-state index contributed by atoms with van der Waals surface area (Å²) in [5, 5.41) is 0. The molecule has 1 aliphatic rings. The van der Waals surface area contributed by atoms with Gasteiger partial charge in [0.25, 0.3) is 0 Å². The van der Waals surface area contributed by atoms with Crippen LogP contribution in [0.5, 0.6) is 0 Å². The molecule has 0 spiro atoms. The van der Waals surface area contributed by atoms with Crippen LogP contribution in [0.15, 0.2) is 18.2 Å². The van der Waals surface area contributed by atoms with Crippen molar-refractivity contribution in [3.8, 4) is 0 Å². The largest absolute Gasteiger partial charge is 0.386 e. The maximum absolute atomic E-state index is 11.8. The van der Waals surface area contributed by atoms with Crippen molar-refractivity contribution in [2.24, 2.45) is 5.92 Å². The number of Topliss-reactive ketones (excluding diaryl/α,β-unsaturated/α-hetero) is 1. The minimum Gasteiger partial charge on any atom is -0.386 e. The maximum atomic E-state index is 11.8. The van der Waals surface area contributed by atoms with Crippen LogP contribution in [0.1, 0.15) is 44.9 Å². The van der Waals surface area contributed by atoms with E-state index in [0.29, 0.717) is 11.1 Å². The zero-order valence-electron chi connectivity index (χ0n) is 8.94. The number of hydrogen-bond acceptors (Lipinski definition) is 4. The van der Waals surface area contributed by atoms with Crippen molar-refractivity contribution in [1.29, 1.82) is 0 Å². The molecular formula is C12H10O4. The molecule has 0 fully saturated rings. The van der Waals surface area contributed by atoms with Gasteiger partial charge >= 0.3 is 11.9 Å². The van der Waals surface area contributed by atoms with E-state index in [1.165, 1.54) is 18.2 Å². The molecule has 82 valence electrons. The van der Waals surface area contributed by atoms with E-state index in [4.69, 9.17) is 0 Å². The summed E-state index contributed by atoms with van der Waals surface area (Å²) in [6.07, 6.45) is 0. The van der Waals surface area contributed by atoms with Crippen LogP contribution in [0.25, 0.3) is 0 Å². The number of ketones is 1. The number of cyclic esters (lactones) is 2. The van der Waals surface area contributed by atoms with Crippen LogP contribution in [0, 0.1) is 5.92 Å². The van der Waals surface area contributed by atoms with Crippen molar-refractivity contribution in [3.63, 3.8) is 0 Å². The van der Waals surface area contributed by atoms with E-state index in [2.05, 4.69) is 4.74 Å². The summed E-state index contributed by atoms with van der Waals surface area (Å²) >= 11 is 0. The molecule has 4 nitrogen and oxygen atoms in total. The minimum atomic E-state index is -0.748. The fourth-order valence-electron chi connectivity index (χ4n) is 1.56. The van der Waals surface area contributed by atoms with E-state index < -0.39 is 11.9 Å². The van der Waals surface area contributed by atoms with Gasteiger partial charge in [-0.2, -0.15) is 0 Å². The third-order valence-electron chi connectivity index (χ3n) is 2.45. The lowest BCUT2D eigenvalue weighted by Gasteiger charge is -2.15. The van der Waals surface area contributed by atoms with Crippen molar-refractivity contribution in [2.75, 3.05) is 0 Å². The van der Waals surface area contributed by atoms with E-state index in [1.54, 1.807) is 13.8 Å². The molecule has 0 amide bonds. The Balaban J connectivity index is 2.56. The second kappa shape index (κ2) is 3.56. The Labute approximate surface area is 92.2 Å².